The van der Waals surface area contributed by atoms with Gasteiger partial charge < -0.3 is 20.1 Å². The summed E-state index contributed by atoms with van der Waals surface area (Å²) in [5.41, 5.74) is 4.06. The van der Waals surface area contributed by atoms with Crippen LogP contribution in [0.25, 0.3) is 0 Å². The Hall–Kier alpha value is -4.01. The summed E-state index contributed by atoms with van der Waals surface area (Å²) >= 11 is 0. The first-order chi connectivity index (χ1) is 16.2. The van der Waals surface area contributed by atoms with Crippen LogP contribution in [0.2, 0.25) is 0 Å². The minimum absolute atomic E-state index is 0.171. The Labute approximate surface area is 193 Å². The minimum atomic E-state index is -4.74. The maximum Gasteiger partial charge on any atom is 0.573 e. The van der Waals surface area contributed by atoms with Crippen LogP contribution >= 0.6 is 0 Å². The van der Waals surface area contributed by atoms with Crippen LogP contribution in [0.3, 0.4) is 0 Å². The first-order valence-electron chi connectivity index (χ1n) is 10.5. The number of aromatic carboxylic acids is 1. The van der Waals surface area contributed by atoms with E-state index in [1.807, 2.05) is 17.0 Å². The molecule has 1 amide bonds. The Morgan fingerprint density at radius 1 is 0.971 bits per heavy atom. The Morgan fingerprint density at radius 2 is 1.65 bits per heavy atom. The van der Waals surface area contributed by atoms with E-state index in [0.717, 1.165) is 28.8 Å². The smallest absolute Gasteiger partial charge is 0.478 e. The Bertz CT molecular complexity index is 1190. The predicted octanol–water partition coefficient (Wildman–Crippen LogP) is 4.78. The standard InChI is InChI=1S/C25H21F3N2O4/c26-25(27,28)34-20-10-6-17(7-11-20)15-30-13-12-18-2-1-3-21(22(18)30)23(31)29-14-16-4-8-19(9-5-16)24(32)33/h1-11H,12-15H2,(H,29,31)(H,32,33). The summed E-state index contributed by atoms with van der Waals surface area (Å²) in [5.74, 6) is -1.56. The Morgan fingerprint density at radius 3 is 2.29 bits per heavy atom. The summed E-state index contributed by atoms with van der Waals surface area (Å²) in [6.07, 6.45) is -3.99. The van der Waals surface area contributed by atoms with Crippen molar-refractivity contribution in [1.82, 2.24) is 5.32 Å². The number of benzene rings is 3. The van der Waals surface area contributed by atoms with Gasteiger partial charge in [0.2, 0.25) is 0 Å². The van der Waals surface area contributed by atoms with Crippen LogP contribution in [0.15, 0.2) is 66.7 Å². The molecule has 4 rings (SSSR count). The lowest BCUT2D eigenvalue weighted by atomic mass is 10.1. The fourth-order valence-electron chi connectivity index (χ4n) is 3.93. The number of ether oxygens (including phenoxy) is 1. The van der Waals surface area contributed by atoms with Crippen LogP contribution in [0.4, 0.5) is 18.9 Å². The van der Waals surface area contributed by atoms with Gasteiger partial charge in [-0.2, -0.15) is 0 Å². The average molecular weight is 470 g/mol. The normalized spacial score (nSPS) is 12.9. The van der Waals surface area contributed by atoms with E-state index in [0.29, 0.717) is 18.7 Å². The molecule has 0 saturated heterocycles. The summed E-state index contributed by atoms with van der Waals surface area (Å²) in [6, 6.07) is 17.5. The zero-order valence-electron chi connectivity index (χ0n) is 17.9. The molecule has 6 nitrogen and oxygen atoms in total. The first kappa shape index (κ1) is 23.2. The molecule has 1 aliphatic heterocycles. The highest BCUT2D eigenvalue weighted by molar-refractivity contribution is 6.01. The van der Waals surface area contributed by atoms with Crippen molar-refractivity contribution in [2.24, 2.45) is 0 Å². The number of para-hydroxylation sites is 1. The number of hydrogen-bond donors (Lipinski definition) is 2. The zero-order valence-corrected chi connectivity index (χ0v) is 17.9. The molecule has 1 heterocycles. The quantitative estimate of drug-likeness (QED) is 0.520. The minimum Gasteiger partial charge on any atom is -0.478 e. The van der Waals surface area contributed by atoms with E-state index in [-0.39, 0.29) is 23.8 Å². The van der Waals surface area contributed by atoms with Crippen LogP contribution in [0.5, 0.6) is 5.75 Å². The second kappa shape index (κ2) is 9.46. The maximum atomic E-state index is 13.0. The van der Waals surface area contributed by atoms with Crippen LogP contribution in [-0.4, -0.2) is 29.9 Å². The second-order valence-corrected chi connectivity index (χ2v) is 7.86. The number of alkyl halides is 3. The molecule has 3 aromatic carbocycles. The van der Waals surface area contributed by atoms with Crippen LogP contribution < -0.4 is 15.0 Å². The highest BCUT2D eigenvalue weighted by Crippen LogP contribution is 2.33. The number of hydrogen-bond acceptors (Lipinski definition) is 4. The van der Waals surface area contributed by atoms with Crippen LogP contribution in [-0.2, 0) is 19.5 Å². The number of anilines is 1. The monoisotopic (exact) mass is 470 g/mol. The molecule has 0 aromatic heterocycles. The van der Waals surface area contributed by atoms with Gasteiger partial charge in [-0.25, -0.2) is 4.79 Å². The van der Waals surface area contributed by atoms with Crippen molar-refractivity contribution >= 4 is 17.6 Å². The fraction of sp³-hybridized carbons (Fsp3) is 0.200. The van der Waals surface area contributed by atoms with E-state index in [4.69, 9.17) is 5.11 Å². The van der Waals surface area contributed by atoms with Crippen molar-refractivity contribution in [2.45, 2.75) is 25.9 Å². The second-order valence-electron chi connectivity index (χ2n) is 7.86. The molecule has 0 aliphatic carbocycles. The molecule has 1 aliphatic rings. The lowest BCUT2D eigenvalue weighted by Crippen LogP contribution is -2.27. The van der Waals surface area contributed by atoms with E-state index in [1.165, 1.54) is 24.3 Å². The highest BCUT2D eigenvalue weighted by atomic mass is 19.4. The van der Waals surface area contributed by atoms with Gasteiger partial charge in [0.15, 0.2) is 0 Å². The van der Waals surface area contributed by atoms with Gasteiger partial charge in [-0.3, -0.25) is 4.79 Å². The molecule has 0 atom stereocenters. The summed E-state index contributed by atoms with van der Waals surface area (Å²) in [4.78, 5) is 26.0. The molecule has 0 radical (unpaired) electrons. The molecule has 0 saturated carbocycles. The Kier molecular flexibility index (Phi) is 6.45. The lowest BCUT2D eigenvalue weighted by Gasteiger charge is -2.22. The fourth-order valence-corrected chi connectivity index (χ4v) is 3.93. The van der Waals surface area contributed by atoms with E-state index < -0.39 is 12.3 Å². The maximum absolute atomic E-state index is 13.0. The van der Waals surface area contributed by atoms with Crippen molar-refractivity contribution in [3.05, 3.63) is 94.5 Å². The number of carbonyl (C=O) groups excluding carboxylic acids is 1. The number of carboxylic acid groups (broad SMARTS) is 1. The lowest BCUT2D eigenvalue weighted by molar-refractivity contribution is -0.274. The van der Waals surface area contributed by atoms with E-state index >= 15 is 0 Å². The van der Waals surface area contributed by atoms with Crippen molar-refractivity contribution in [3.63, 3.8) is 0 Å². The van der Waals surface area contributed by atoms with Gasteiger partial charge in [0.1, 0.15) is 5.75 Å². The summed E-state index contributed by atoms with van der Waals surface area (Å²) in [6.45, 7) is 1.35. The van der Waals surface area contributed by atoms with E-state index in [1.54, 1.807) is 30.3 Å². The average Bonchev–Trinajstić information content (AvgIpc) is 3.21. The number of amides is 1. The zero-order chi connectivity index (χ0) is 24.3. The van der Waals surface area contributed by atoms with Gasteiger partial charge in [-0.1, -0.05) is 36.4 Å². The molecule has 2 N–H and O–H groups in total. The summed E-state index contributed by atoms with van der Waals surface area (Å²) in [7, 11) is 0. The van der Waals surface area contributed by atoms with Crippen LogP contribution in [0, 0.1) is 0 Å². The third-order valence-electron chi connectivity index (χ3n) is 5.52. The number of rotatable bonds is 7. The number of carbonyl (C=O) groups is 2. The molecule has 3 aromatic rings. The number of fused-ring (bicyclic) bond motifs is 1. The summed E-state index contributed by atoms with van der Waals surface area (Å²) in [5, 5.41) is 11.9. The Balaban J connectivity index is 1.45. The molecule has 0 unspecified atom stereocenters. The van der Waals surface area contributed by atoms with Gasteiger partial charge in [0, 0.05) is 19.6 Å². The third-order valence-corrected chi connectivity index (χ3v) is 5.52. The first-order valence-corrected chi connectivity index (χ1v) is 10.5. The molecule has 34 heavy (non-hydrogen) atoms. The number of nitrogens with zero attached hydrogens (tertiary/aromatic N) is 1. The molecule has 0 bridgehead atoms. The topological polar surface area (TPSA) is 78.9 Å². The number of nitrogens with one attached hydrogen (secondary N) is 1. The highest BCUT2D eigenvalue weighted by Gasteiger charge is 2.31. The largest absolute Gasteiger partial charge is 0.573 e. The van der Waals surface area contributed by atoms with Crippen molar-refractivity contribution < 1.29 is 32.6 Å². The van der Waals surface area contributed by atoms with Crippen molar-refractivity contribution in [1.29, 1.82) is 0 Å². The van der Waals surface area contributed by atoms with E-state index in [9.17, 15) is 22.8 Å². The molecule has 0 fully saturated rings. The number of carboxylic acids is 1. The summed E-state index contributed by atoms with van der Waals surface area (Å²) < 4.78 is 41.1. The predicted molar refractivity (Wildman–Crippen MR) is 119 cm³/mol. The molecule has 9 heteroatoms. The molecular weight excluding hydrogens is 449 g/mol. The molecule has 0 spiro atoms. The van der Waals surface area contributed by atoms with Gasteiger partial charge >= 0.3 is 12.3 Å². The van der Waals surface area contributed by atoms with Gasteiger partial charge in [-0.15, -0.1) is 13.2 Å². The number of halogens is 3. The van der Waals surface area contributed by atoms with Gasteiger partial charge in [0.25, 0.3) is 5.91 Å². The van der Waals surface area contributed by atoms with E-state index in [2.05, 4.69) is 10.1 Å². The van der Waals surface area contributed by atoms with Gasteiger partial charge in [0.05, 0.1) is 16.8 Å². The SMILES string of the molecule is O=C(O)c1ccc(CNC(=O)c2cccc3c2N(Cc2ccc(OC(F)(F)F)cc2)CC3)cc1. The molecular formula is C25H21F3N2O4. The van der Waals surface area contributed by atoms with Crippen LogP contribution in [0.1, 0.15) is 37.4 Å². The van der Waals surface area contributed by atoms with Crippen molar-refractivity contribution in [2.75, 3.05) is 11.4 Å². The third kappa shape index (κ3) is 5.48. The molecule has 176 valence electrons. The van der Waals surface area contributed by atoms with Crippen molar-refractivity contribution in [3.8, 4) is 5.75 Å². The van der Waals surface area contributed by atoms with Gasteiger partial charge in [-0.05, 0) is 53.4 Å².